The van der Waals surface area contributed by atoms with Gasteiger partial charge >= 0.3 is 6.11 Å². The number of benzene rings is 5. The molecule has 0 saturated carbocycles. The molecule has 5 aromatic carbocycles. The average molecular weight is 607 g/mol. The van der Waals surface area contributed by atoms with Gasteiger partial charge in [0.2, 0.25) is 0 Å². The predicted molar refractivity (Wildman–Crippen MR) is 162 cm³/mol. The molecule has 0 spiro atoms. The van der Waals surface area contributed by atoms with Crippen molar-refractivity contribution in [3.05, 3.63) is 137 Å². The van der Waals surface area contributed by atoms with E-state index < -0.39 is 29.1 Å². The smallest absolute Gasteiger partial charge is 0.429 e. The molecule has 0 heterocycles. The third-order valence-corrected chi connectivity index (χ3v) is 7.58. The first-order valence-electron chi connectivity index (χ1n) is 14.0. The van der Waals surface area contributed by atoms with Gasteiger partial charge in [-0.05, 0) is 76.6 Å². The maximum absolute atomic E-state index is 15.2. The summed E-state index contributed by atoms with van der Waals surface area (Å²) < 4.78 is 77.6. The van der Waals surface area contributed by atoms with Gasteiger partial charge in [-0.25, -0.2) is 13.2 Å². The van der Waals surface area contributed by atoms with Gasteiger partial charge in [-0.15, -0.1) is 0 Å². The first kappa shape index (κ1) is 30.3. The van der Waals surface area contributed by atoms with Gasteiger partial charge in [-0.3, -0.25) is 0 Å². The van der Waals surface area contributed by atoms with Crippen molar-refractivity contribution in [1.29, 1.82) is 0 Å². The van der Waals surface area contributed by atoms with Gasteiger partial charge in [-0.1, -0.05) is 98.1 Å². The Morgan fingerprint density at radius 1 is 0.605 bits per heavy atom. The van der Waals surface area contributed by atoms with Crippen LogP contribution in [0.4, 0.5) is 22.0 Å². The Hall–Kier alpha value is -4.16. The summed E-state index contributed by atoms with van der Waals surface area (Å²) in [6, 6.07) is 26.0. The van der Waals surface area contributed by atoms with Gasteiger partial charge in [0.15, 0.2) is 0 Å². The van der Waals surface area contributed by atoms with Crippen LogP contribution in [-0.2, 0) is 12.5 Å². The minimum atomic E-state index is -4.06. The van der Waals surface area contributed by atoms with E-state index in [1.165, 1.54) is 30.5 Å². The fraction of sp³-hybridized carbons (Fsp3) is 0.167. The summed E-state index contributed by atoms with van der Waals surface area (Å²) in [6.07, 6.45) is 0.488. The Labute approximate surface area is 252 Å². The Bertz CT molecular complexity index is 1720. The highest BCUT2D eigenvalue weighted by Gasteiger charge is 2.38. The molecule has 0 atom stereocenters. The van der Waals surface area contributed by atoms with E-state index in [1.54, 1.807) is 30.3 Å². The van der Waals surface area contributed by atoms with Crippen molar-refractivity contribution in [3.63, 3.8) is 0 Å². The van der Waals surface area contributed by atoms with Crippen LogP contribution < -0.4 is 4.74 Å². The molecule has 0 N–H and O–H groups in total. The molecule has 0 aliphatic carbocycles. The van der Waals surface area contributed by atoms with Crippen molar-refractivity contribution in [3.8, 4) is 39.1 Å². The number of ether oxygens (including phenoxy) is 1. The van der Waals surface area contributed by atoms with E-state index in [1.807, 2.05) is 18.2 Å². The molecular formula is C36H28ClF5O. The van der Waals surface area contributed by atoms with E-state index in [0.29, 0.717) is 28.3 Å². The van der Waals surface area contributed by atoms with E-state index in [-0.39, 0.29) is 10.8 Å². The van der Waals surface area contributed by atoms with Gasteiger partial charge in [0.1, 0.15) is 23.2 Å². The van der Waals surface area contributed by atoms with Crippen LogP contribution in [0.25, 0.3) is 33.4 Å². The van der Waals surface area contributed by atoms with E-state index >= 15 is 4.39 Å². The highest BCUT2D eigenvalue weighted by Crippen LogP contribution is 2.36. The second-order valence-corrected chi connectivity index (χ2v) is 10.7. The van der Waals surface area contributed by atoms with Crippen LogP contribution in [-0.4, -0.2) is 0 Å². The van der Waals surface area contributed by atoms with Crippen LogP contribution in [0.1, 0.15) is 37.3 Å². The van der Waals surface area contributed by atoms with Gasteiger partial charge < -0.3 is 4.74 Å². The van der Waals surface area contributed by atoms with E-state index in [2.05, 4.69) is 23.8 Å². The van der Waals surface area contributed by atoms with Gasteiger partial charge in [0.25, 0.3) is 0 Å². The molecule has 5 aromatic rings. The highest BCUT2D eigenvalue weighted by molar-refractivity contribution is 6.30. The molecule has 0 radical (unpaired) electrons. The van der Waals surface area contributed by atoms with Crippen molar-refractivity contribution < 1.29 is 26.7 Å². The minimum Gasteiger partial charge on any atom is -0.429 e. The molecule has 0 unspecified atom stereocenters. The molecule has 5 rings (SSSR count). The first-order valence-corrected chi connectivity index (χ1v) is 14.3. The molecule has 43 heavy (non-hydrogen) atoms. The molecule has 220 valence electrons. The number of unbranched alkanes of at least 4 members (excludes halogenated alkanes) is 2. The first-order chi connectivity index (χ1) is 20.6. The van der Waals surface area contributed by atoms with Gasteiger partial charge in [0.05, 0.1) is 10.6 Å². The molecule has 0 fully saturated rings. The summed E-state index contributed by atoms with van der Waals surface area (Å²) in [5.41, 5.74) is 3.88. The van der Waals surface area contributed by atoms with Crippen molar-refractivity contribution in [2.45, 2.75) is 38.7 Å². The van der Waals surface area contributed by atoms with E-state index in [4.69, 9.17) is 11.6 Å². The Morgan fingerprint density at radius 2 is 1.19 bits per heavy atom. The quantitative estimate of drug-likeness (QED) is 0.113. The largest absolute Gasteiger partial charge is 0.429 e. The second kappa shape index (κ2) is 13.0. The van der Waals surface area contributed by atoms with Gasteiger partial charge in [0, 0.05) is 11.6 Å². The summed E-state index contributed by atoms with van der Waals surface area (Å²) in [5.74, 6) is -3.01. The van der Waals surface area contributed by atoms with E-state index in [9.17, 15) is 17.6 Å². The molecular weight excluding hydrogens is 579 g/mol. The molecule has 0 aromatic heterocycles. The lowest BCUT2D eigenvalue weighted by Crippen LogP contribution is -2.23. The molecule has 0 bridgehead atoms. The Morgan fingerprint density at radius 3 is 1.79 bits per heavy atom. The number of hydrogen-bond donors (Lipinski definition) is 0. The Balaban J connectivity index is 1.30. The summed E-state index contributed by atoms with van der Waals surface area (Å²) in [7, 11) is 0. The van der Waals surface area contributed by atoms with Crippen LogP contribution in [0.3, 0.4) is 0 Å². The average Bonchev–Trinajstić information content (AvgIpc) is 2.99. The summed E-state index contributed by atoms with van der Waals surface area (Å²) in [5, 5.41) is -0.254. The van der Waals surface area contributed by atoms with Crippen LogP contribution in [0.2, 0.25) is 5.02 Å². The third kappa shape index (κ3) is 7.08. The predicted octanol–water partition coefficient (Wildman–Crippen LogP) is 11.6. The fourth-order valence-electron chi connectivity index (χ4n) is 4.89. The molecule has 0 aliphatic heterocycles. The third-order valence-electron chi connectivity index (χ3n) is 7.27. The van der Waals surface area contributed by atoms with Crippen LogP contribution in [0, 0.1) is 17.5 Å². The maximum atomic E-state index is 15.2. The monoisotopic (exact) mass is 606 g/mol. The van der Waals surface area contributed by atoms with Crippen LogP contribution in [0.5, 0.6) is 5.75 Å². The minimum absolute atomic E-state index is 0.254. The lowest BCUT2D eigenvalue weighted by atomic mass is 9.96. The summed E-state index contributed by atoms with van der Waals surface area (Å²) in [4.78, 5) is 0. The van der Waals surface area contributed by atoms with Crippen molar-refractivity contribution in [1.82, 2.24) is 0 Å². The number of aryl methyl sites for hydroxylation is 1. The number of rotatable bonds is 10. The number of alkyl halides is 2. The zero-order chi connectivity index (χ0) is 30.6. The zero-order valence-electron chi connectivity index (χ0n) is 23.3. The van der Waals surface area contributed by atoms with Crippen molar-refractivity contribution >= 4 is 11.6 Å². The zero-order valence-corrected chi connectivity index (χ0v) is 24.1. The lowest BCUT2D eigenvalue weighted by Gasteiger charge is -2.19. The Kier molecular flexibility index (Phi) is 9.16. The highest BCUT2D eigenvalue weighted by atomic mass is 35.5. The lowest BCUT2D eigenvalue weighted by molar-refractivity contribution is -0.187. The van der Waals surface area contributed by atoms with E-state index in [0.717, 1.165) is 48.2 Å². The summed E-state index contributed by atoms with van der Waals surface area (Å²) in [6.45, 7) is 2.18. The SMILES string of the molecule is CCCCCc1ccc(-c2ccc(-c3ccc(-c4ccc(C(F)(F)Oc5ccc(Cl)c(F)c5)c(F)c4)cc3)c(F)c2)cc1. The molecule has 0 aliphatic rings. The fourth-order valence-corrected chi connectivity index (χ4v) is 5.01. The van der Waals surface area contributed by atoms with Crippen molar-refractivity contribution in [2.24, 2.45) is 0 Å². The molecule has 7 heteroatoms. The maximum Gasteiger partial charge on any atom is 0.429 e. The van der Waals surface area contributed by atoms with Crippen molar-refractivity contribution in [2.75, 3.05) is 0 Å². The molecule has 0 saturated heterocycles. The molecule has 1 nitrogen and oxygen atoms in total. The normalized spacial score (nSPS) is 11.5. The van der Waals surface area contributed by atoms with Crippen LogP contribution in [0.15, 0.2) is 103 Å². The summed E-state index contributed by atoms with van der Waals surface area (Å²) >= 11 is 5.57. The van der Waals surface area contributed by atoms with Gasteiger partial charge in [-0.2, -0.15) is 8.78 Å². The van der Waals surface area contributed by atoms with Crippen LogP contribution >= 0.6 is 11.6 Å². The number of halogens is 6. The second-order valence-electron chi connectivity index (χ2n) is 10.3. The standard InChI is InChI=1S/C36H28ClF5O/c1-2-3-4-5-23-6-8-24(9-7-23)27-14-17-30(33(38)20-27)26-12-10-25(11-13-26)28-15-18-31(34(39)21-28)36(41,42)43-29-16-19-32(37)35(40)22-29/h6-22H,2-5H2,1H3. The molecule has 0 amide bonds. The topological polar surface area (TPSA) is 9.23 Å². The number of hydrogen-bond acceptors (Lipinski definition) is 1.